The molecule has 6 nitrogen and oxygen atoms in total. The van der Waals surface area contributed by atoms with Crippen LogP contribution in [0, 0.1) is 6.92 Å². The van der Waals surface area contributed by atoms with E-state index in [0.29, 0.717) is 0 Å². The molecule has 0 N–H and O–H groups in total. The van der Waals surface area contributed by atoms with Crippen LogP contribution in [0.25, 0.3) is 11.8 Å². The Morgan fingerprint density at radius 2 is 2.12 bits per heavy atom. The second-order valence-corrected chi connectivity index (χ2v) is 9.80. The lowest BCUT2D eigenvalue weighted by Gasteiger charge is -2.42. The van der Waals surface area contributed by atoms with Gasteiger partial charge in [0.25, 0.3) is 0 Å². The minimum atomic E-state index is -0.475. The highest BCUT2D eigenvalue weighted by atomic mass is 32.2. The van der Waals surface area contributed by atoms with Gasteiger partial charge in [0.2, 0.25) is 5.72 Å². The lowest BCUT2D eigenvalue weighted by molar-refractivity contribution is -0.112. The lowest BCUT2D eigenvalue weighted by atomic mass is 9.92. The number of oxime groups is 1. The van der Waals surface area contributed by atoms with Gasteiger partial charge in [-0.05, 0) is 55.2 Å². The first kappa shape index (κ1) is 20.4. The fourth-order valence-electron chi connectivity index (χ4n) is 5.06. The number of piperidine rings is 1. The van der Waals surface area contributed by atoms with Gasteiger partial charge in [-0.25, -0.2) is 4.98 Å². The summed E-state index contributed by atoms with van der Waals surface area (Å²) in [5, 5.41) is 4.64. The van der Waals surface area contributed by atoms with Crippen LogP contribution >= 0.6 is 11.8 Å². The molecule has 0 radical (unpaired) electrons. The van der Waals surface area contributed by atoms with Crippen molar-refractivity contribution < 1.29 is 9.57 Å². The molecule has 33 heavy (non-hydrogen) atoms. The van der Waals surface area contributed by atoms with E-state index >= 15 is 0 Å². The Morgan fingerprint density at radius 1 is 1.21 bits per heavy atom. The molecule has 1 unspecified atom stereocenters. The van der Waals surface area contributed by atoms with Gasteiger partial charge in [0, 0.05) is 35.4 Å². The van der Waals surface area contributed by atoms with E-state index in [0.717, 1.165) is 60.1 Å². The molecule has 1 spiro atoms. The zero-order valence-electron chi connectivity index (χ0n) is 18.8. The fourth-order valence-corrected chi connectivity index (χ4v) is 6.22. The average molecular weight is 459 g/mol. The highest BCUT2D eigenvalue weighted by Gasteiger charge is 2.51. The van der Waals surface area contributed by atoms with Gasteiger partial charge >= 0.3 is 0 Å². The number of imidazole rings is 1. The first-order valence-corrected chi connectivity index (χ1v) is 12.3. The number of ether oxygens (including phenoxy) is 1. The predicted octanol–water partition coefficient (Wildman–Crippen LogP) is 5.36. The highest BCUT2D eigenvalue weighted by molar-refractivity contribution is 7.99. The van der Waals surface area contributed by atoms with Gasteiger partial charge in [0.05, 0.1) is 24.8 Å². The molecule has 4 heterocycles. The Hall–Kier alpha value is -3.19. The van der Waals surface area contributed by atoms with Gasteiger partial charge in [-0.15, -0.1) is 11.8 Å². The van der Waals surface area contributed by atoms with Crippen molar-refractivity contribution in [1.82, 2.24) is 14.5 Å². The zero-order chi connectivity index (χ0) is 22.4. The van der Waals surface area contributed by atoms with Crippen molar-refractivity contribution in [3.05, 3.63) is 77.4 Å². The Balaban J connectivity index is 1.34. The summed E-state index contributed by atoms with van der Waals surface area (Å²) >= 11 is 1.90. The van der Waals surface area contributed by atoms with Crippen LogP contribution in [0.5, 0.6) is 5.75 Å². The van der Waals surface area contributed by atoms with Crippen LogP contribution in [0.1, 0.15) is 36.1 Å². The third-order valence-electron chi connectivity index (χ3n) is 6.63. The highest BCUT2D eigenvalue weighted by Crippen LogP contribution is 2.49. The molecule has 7 heteroatoms. The summed E-state index contributed by atoms with van der Waals surface area (Å²) in [5.74, 6) is 2.81. The Kier molecular flexibility index (Phi) is 4.94. The number of rotatable bonds is 3. The first-order valence-electron chi connectivity index (χ1n) is 11.3. The van der Waals surface area contributed by atoms with Crippen molar-refractivity contribution in [2.75, 3.05) is 19.4 Å². The Morgan fingerprint density at radius 3 is 2.97 bits per heavy atom. The number of thioether (sulfide) groups is 1. The van der Waals surface area contributed by atoms with Crippen molar-refractivity contribution in [1.29, 1.82) is 0 Å². The van der Waals surface area contributed by atoms with Crippen LogP contribution < -0.4 is 4.74 Å². The molecule has 1 aromatic heterocycles. The Bertz CT molecular complexity index is 1280. The van der Waals surface area contributed by atoms with E-state index in [2.05, 4.69) is 63.6 Å². The summed E-state index contributed by atoms with van der Waals surface area (Å²) in [6.07, 6.45) is 9.03. The molecular weight excluding hydrogens is 432 g/mol. The molecule has 0 aliphatic carbocycles. The number of hydrogen-bond acceptors (Lipinski definition) is 6. The largest absolute Gasteiger partial charge is 0.495 e. The molecule has 6 rings (SSSR count). The van der Waals surface area contributed by atoms with E-state index in [1.165, 1.54) is 16.0 Å². The number of amidine groups is 1. The van der Waals surface area contributed by atoms with Crippen LogP contribution in [0.4, 0.5) is 0 Å². The van der Waals surface area contributed by atoms with E-state index in [-0.39, 0.29) is 0 Å². The number of aromatic nitrogens is 2. The minimum absolute atomic E-state index is 0.475. The molecule has 1 fully saturated rings. The van der Waals surface area contributed by atoms with Crippen molar-refractivity contribution >= 4 is 23.7 Å². The summed E-state index contributed by atoms with van der Waals surface area (Å²) in [6.45, 7) is 2.94. The van der Waals surface area contributed by atoms with Crippen LogP contribution in [0.15, 0.2) is 70.6 Å². The first-order chi connectivity index (χ1) is 16.2. The van der Waals surface area contributed by atoms with Crippen LogP contribution in [-0.4, -0.2) is 39.7 Å². The standard InChI is InChI=1S/C26H26N4O2S/c1-18-16-29(17-27-18)22-10-9-19(15-23(22)31-2)14-20-6-5-12-30-25(20)28-32-26(30)11-13-33-24-8-4-3-7-21(24)26/h3-4,7-10,14-17H,5-6,11-13H2,1-2H3. The van der Waals surface area contributed by atoms with Crippen molar-refractivity contribution in [3.63, 3.8) is 0 Å². The molecule has 0 bridgehead atoms. The number of hydrogen-bond donors (Lipinski definition) is 0. The maximum Gasteiger partial charge on any atom is 0.239 e. The summed E-state index contributed by atoms with van der Waals surface area (Å²) in [7, 11) is 1.71. The van der Waals surface area contributed by atoms with Crippen molar-refractivity contribution in [2.45, 2.75) is 36.8 Å². The van der Waals surface area contributed by atoms with Crippen LogP contribution in [0.3, 0.4) is 0 Å². The van der Waals surface area contributed by atoms with Crippen LogP contribution in [0.2, 0.25) is 0 Å². The molecule has 1 saturated heterocycles. The number of benzene rings is 2. The molecule has 3 aliphatic heterocycles. The summed E-state index contributed by atoms with van der Waals surface area (Å²) < 4.78 is 7.70. The SMILES string of the molecule is COc1cc(C=C2CCCN3C2=NOC32CCSc3ccccc32)ccc1-n1cnc(C)c1. The van der Waals surface area contributed by atoms with Gasteiger partial charge in [-0.2, -0.15) is 0 Å². The van der Waals surface area contributed by atoms with E-state index in [1.807, 2.05) is 35.8 Å². The van der Waals surface area contributed by atoms with E-state index in [9.17, 15) is 0 Å². The third-order valence-corrected chi connectivity index (χ3v) is 7.71. The second kappa shape index (κ2) is 7.99. The van der Waals surface area contributed by atoms with Gasteiger partial charge in [-0.1, -0.05) is 29.4 Å². The molecule has 3 aliphatic rings. The normalized spacial score (nSPS) is 22.7. The van der Waals surface area contributed by atoms with Gasteiger partial charge in [0.1, 0.15) is 5.75 Å². The van der Waals surface area contributed by atoms with E-state index < -0.39 is 5.72 Å². The molecule has 1 atom stereocenters. The van der Waals surface area contributed by atoms with Crippen molar-refractivity contribution in [3.8, 4) is 11.4 Å². The van der Waals surface area contributed by atoms with Gasteiger partial charge < -0.3 is 19.0 Å². The molecule has 0 amide bonds. The molecule has 168 valence electrons. The zero-order valence-corrected chi connectivity index (χ0v) is 19.6. The number of aryl methyl sites for hydroxylation is 1. The smallest absolute Gasteiger partial charge is 0.239 e. The number of methoxy groups -OCH3 is 1. The minimum Gasteiger partial charge on any atom is -0.495 e. The predicted molar refractivity (Wildman–Crippen MR) is 131 cm³/mol. The second-order valence-electron chi connectivity index (χ2n) is 8.66. The third kappa shape index (κ3) is 3.33. The van der Waals surface area contributed by atoms with E-state index in [1.54, 1.807) is 7.11 Å². The maximum atomic E-state index is 6.27. The molecule has 0 saturated carbocycles. The topological polar surface area (TPSA) is 51.9 Å². The van der Waals surface area contributed by atoms with Gasteiger partial charge in [0.15, 0.2) is 5.84 Å². The van der Waals surface area contributed by atoms with Gasteiger partial charge in [-0.3, -0.25) is 0 Å². The number of nitrogens with zero attached hydrogens (tertiary/aromatic N) is 4. The quantitative estimate of drug-likeness (QED) is 0.529. The summed E-state index contributed by atoms with van der Waals surface area (Å²) in [5.41, 5.74) is 5.01. The van der Waals surface area contributed by atoms with Crippen LogP contribution in [-0.2, 0) is 10.6 Å². The van der Waals surface area contributed by atoms with E-state index in [4.69, 9.17) is 9.57 Å². The monoisotopic (exact) mass is 458 g/mol. The lowest BCUT2D eigenvalue weighted by Crippen LogP contribution is -2.50. The summed E-state index contributed by atoms with van der Waals surface area (Å²) in [4.78, 5) is 14.3. The van der Waals surface area contributed by atoms with Crippen molar-refractivity contribution in [2.24, 2.45) is 5.16 Å². The molecular formula is C26H26N4O2S. The molecule has 2 aromatic carbocycles. The fraction of sp³-hybridized carbons (Fsp3) is 0.308. The summed E-state index contributed by atoms with van der Waals surface area (Å²) in [6, 6.07) is 14.9. The number of fused-ring (bicyclic) bond motifs is 4. The molecule has 3 aromatic rings. The Labute approximate surface area is 197 Å². The maximum absolute atomic E-state index is 6.27. The average Bonchev–Trinajstić information content (AvgIpc) is 3.44.